The molecule has 38 heavy (non-hydrogen) atoms. The number of benzene rings is 2. The molecule has 5 aromatic rings. The number of hydrogen-bond acceptors (Lipinski definition) is 7. The van der Waals surface area contributed by atoms with Crippen LogP contribution in [-0.2, 0) is 0 Å². The summed E-state index contributed by atoms with van der Waals surface area (Å²) in [5.41, 5.74) is 1.66. The van der Waals surface area contributed by atoms with Crippen LogP contribution in [0, 0.1) is 0 Å². The Kier molecular flexibility index (Phi) is 5.66. The molecule has 194 valence electrons. The number of halogens is 3. The lowest BCUT2D eigenvalue weighted by molar-refractivity contribution is -0.120. The number of alkyl halides is 3. The Hall–Kier alpha value is -4.61. The number of aromatic amines is 1. The molecule has 0 bridgehead atoms. The summed E-state index contributed by atoms with van der Waals surface area (Å²) in [6, 6.07) is 15.8. The van der Waals surface area contributed by atoms with Crippen LogP contribution < -0.4 is 20.1 Å². The van der Waals surface area contributed by atoms with Crippen LogP contribution in [0.25, 0.3) is 27.6 Å². The van der Waals surface area contributed by atoms with Gasteiger partial charge in [0.2, 0.25) is 5.95 Å². The first-order valence-corrected chi connectivity index (χ1v) is 11.9. The molecule has 1 N–H and O–H groups in total. The summed E-state index contributed by atoms with van der Waals surface area (Å²) in [5, 5.41) is 7.90. The van der Waals surface area contributed by atoms with E-state index in [1.165, 1.54) is 15.7 Å². The minimum atomic E-state index is -4.36. The fourth-order valence-electron chi connectivity index (χ4n) is 4.81. The van der Waals surface area contributed by atoms with Crippen molar-refractivity contribution in [1.82, 2.24) is 24.7 Å². The first kappa shape index (κ1) is 23.8. The summed E-state index contributed by atoms with van der Waals surface area (Å²) in [4.78, 5) is 25.6. The van der Waals surface area contributed by atoms with E-state index in [0.29, 0.717) is 45.0 Å². The van der Waals surface area contributed by atoms with Crippen molar-refractivity contribution in [2.75, 3.05) is 36.5 Å². The van der Waals surface area contributed by atoms with Crippen LogP contribution in [0.1, 0.15) is 0 Å². The third-order valence-electron chi connectivity index (χ3n) is 6.44. The van der Waals surface area contributed by atoms with Crippen molar-refractivity contribution < 1.29 is 17.9 Å². The predicted molar refractivity (Wildman–Crippen MR) is 137 cm³/mol. The molecule has 1 aliphatic rings. The number of anilines is 2. The number of fused-ring (bicyclic) bond motifs is 4. The number of hydrogen-bond donors (Lipinski definition) is 1. The van der Waals surface area contributed by atoms with Crippen molar-refractivity contribution >= 4 is 33.6 Å². The highest BCUT2D eigenvalue weighted by Crippen LogP contribution is 2.35. The third kappa shape index (κ3) is 4.27. The zero-order valence-electron chi connectivity index (χ0n) is 20.2. The van der Waals surface area contributed by atoms with E-state index in [4.69, 9.17) is 9.72 Å². The fraction of sp³-hybridized carbons (Fsp3) is 0.231. The lowest BCUT2D eigenvalue weighted by Gasteiger charge is -2.37. The van der Waals surface area contributed by atoms with Crippen LogP contribution in [0.4, 0.5) is 24.8 Å². The van der Waals surface area contributed by atoms with E-state index in [-0.39, 0.29) is 18.6 Å². The van der Waals surface area contributed by atoms with Crippen LogP contribution in [0.15, 0.2) is 71.8 Å². The van der Waals surface area contributed by atoms with Gasteiger partial charge in [0.1, 0.15) is 18.4 Å². The van der Waals surface area contributed by atoms with Crippen molar-refractivity contribution in [3.63, 3.8) is 0 Å². The number of nitrogens with one attached hydrogen (secondary N) is 1. The molecule has 1 aliphatic heterocycles. The van der Waals surface area contributed by atoms with Gasteiger partial charge in [-0.15, -0.1) is 0 Å². The maximum absolute atomic E-state index is 13.4. The van der Waals surface area contributed by atoms with Crippen molar-refractivity contribution in [3.05, 3.63) is 77.3 Å². The van der Waals surface area contributed by atoms with Gasteiger partial charge in [0.05, 0.1) is 47.0 Å². The normalized spacial score (nSPS) is 15.5. The van der Waals surface area contributed by atoms with Gasteiger partial charge in [0, 0.05) is 13.2 Å². The summed E-state index contributed by atoms with van der Waals surface area (Å²) < 4.78 is 47.4. The van der Waals surface area contributed by atoms with E-state index in [0.717, 1.165) is 0 Å². The lowest BCUT2D eigenvalue weighted by atomic mass is 10.1. The number of pyridine rings is 1. The van der Waals surface area contributed by atoms with Crippen LogP contribution >= 0.6 is 0 Å². The molecular weight excluding hydrogens is 499 g/mol. The van der Waals surface area contributed by atoms with E-state index in [9.17, 15) is 18.0 Å². The molecule has 2 aromatic carbocycles. The van der Waals surface area contributed by atoms with Gasteiger partial charge in [-0.05, 0) is 24.3 Å². The van der Waals surface area contributed by atoms with Gasteiger partial charge < -0.3 is 14.5 Å². The van der Waals surface area contributed by atoms with Gasteiger partial charge in [-0.2, -0.15) is 23.3 Å². The van der Waals surface area contributed by atoms with E-state index < -0.39 is 18.8 Å². The number of para-hydroxylation sites is 3. The molecule has 0 saturated heterocycles. The molecule has 0 aliphatic carbocycles. The number of likely N-dealkylation sites (N-methyl/N-ethyl adjacent to an activating group) is 1. The second-order valence-electron chi connectivity index (χ2n) is 9.13. The Bertz CT molecular complexity index is 1680. The lowest BCUT2D eigenvalue weighted by Crippen LogP contribution is -2.48. The van der Waals surface area contributed by atoms with Crippen LogP contribution in [0.2, 0.25) is 0 Å². The highest BCUT2D eigenvalue weighted by Gasteiger charge is 2.36. The average molecular weight is 522 g/mol. The Morgan fingerprint density at radius 3 is 2.63 bits per heavy atom. The van der Waals surface area contributed by atoms with Crippen LogP contribution in [0.5, 0.6) is 5.75 Å². The topological polar surface area (TPSA) is 92.2 Å². The molecule has 0 amide bonds. The minimum Gasteiger partial charge on any atom is -0.485 e. The summed E-state index contributed by atoms with van der Waals surface area (Å²) in [6.07, 6.45) is -1.85. The van der Waals surface area contributed by atoms with E-state index in [1.807, 2.05) is 18.2 Å². The number of ether oxygens (including phenoxy) is 1. The first-order chi connectivity index (χ1) is 18.3. The molecule has 1 atom stereocenters. The smallest absolute Gasteiger partial charge is 0.405 e. The summed E-state index contributed by atoms with van der Waals surface area (Å²) in [7, 11) is 1.73. The van der Waals surface area contributed by atoms with Crippen LogP contribution in [0.3, 0.4) is 0 Å². The zero-order valence-corrected chi connectivity index (χ0v) is 20.2. The molecule has 0 radical (unpaired) electrons. The molecular formula is C26H22F3N7O2. The third-order valence-corrected chi connectivity index (χ3v) is 6.44. The van der Waals surface area contributed by atoms with Crippen molar-refractivity contribution in [2.45, 2.75) is 12.3 Å². The van der Waals surface area contributed by atoms with Gasteiger partial charge >= 0.3 is 6.18 Å². The van der Waals surface area contributed by atoms with Crippen molar-refractivity contribution in [1.29, 1.82) is 0 Å². The second kappa shape index (κ2) is 9.05. The average Bonchev–Trinajstić information content (AvgIpc) is 3.39. The number of rotatable bonds is 5. The second-order valence-corrected chi connectivity index (χ2v) is 9.13. The summed E-state index contributed by atoms with van der Waals surface area (Å²) >= 11 is 0. The standard InChI is InChI=1S/C26H22F3N7O2/c1-34(13-17-14-35(15-26(27,28)29)20-9-5-6-10-21(20)38-17)25-30-11-18-22-19(12-31-33-22)24(37)36(23(18)32-25)16-7-3-2-4-8-16/h2-12,17H,13-15H2,1H3,(H,31,33). The Balaban J connectivity index is 1.36. The molecule has 4 heterocycles. The highest BCUT2D eigenvalue weighted by atomic mass is 19.4. The van der Waals surface area contributed by atoms with Gasteiger partial charge in [-0.3, -0.25) is 14.5 Å². The molecule has 9 nitrogen and oxygen atoms in total. The summed E-state index contributed by atoms with van der Waals surface area (Å²) in [5.74, 6) is 0.686. The van der Waals surface area contributed by atoms with Crippen LogP contribution in [-0.4, -0.2) is 63.7 Å². The van der Waals surface area contributed by atoms with E-state index in [1.54, 1.807) is 54.5 Å². The molecule has 3 aromatic heterocycles. The Morgan fingerprint density at radius 2 is 1.84 bits per heavy atom. The SMILES string of the molecule is CN(CC1CN(CC(F)(F)F)c2ccccc2O1)c1ncc2c3[nH]ncc3c(=O)n(-c3ccccc3)c2n1. The Labute approximate surface area is 214 Å². The van der Waals surface area contributed by atoms with Gasteiger partial charge in [-0.25, -0.2) is 4.98 Å². The Morgan fingerprint density at radius 1 is 1.08 bits per heavy atom. The van der Waals surface area contributed by atoms with Gasteiger partial charge in [-0.1, -0.05) is 30.3 Å². The first-order valence-electron chi connectivity index (χ1n) is 11.9. The monoisotopic (exact) mass is 521 g/mol. The zero-order chi connectivity index (χ0) is 26.4. The number of H-pyrrole nitrogens is 1. The molecule has 0 spiro atoms. The largest absolute Gasteiger partial charge is 0.485 e. The predicted octanol–water partition coefficient (Wildman–Crippen LogP) is 3.92. The van der Waals surface area contributed by atoms with Crippen molar-refractivity contribution in [3.8, 4) is 11.4 Å². The van der Waals surface area contributed by atoms with E-state index >= 15 is 0 Å². The molecule has 0 saturated carbocycles. The summed E-state index contributed by atoms with van der Waals surface area (Å²) in [6.45, 7) is -0.822. The fourth-order valence-corrected chi connectivity index (χ4v) is 4.81. The molecule has 12 heteroatoms. The highest BCUT2D eigenvalue weighted by molar-refractivity contribution is 6.02. The molecule has 0 fully saturated rings. The molecule has 1 unspecified atom stereocenters. The number of aromatic nitrogens is 5. The van der Waals surface area contributed by atoms with Gasteiger partial charge in [0.15, 0.2) is 5.65 Å². The quantitative estimate of drug-likeness (QED) is 0.375. The maximum Gasteiger partial charge on any atom is 0.405 e. The maximum atomic E-state index is 13.4. The van der Waals surface area contributed by atoms with E-state index in [2.05, 4.69) is 15.2 Å². The molecule has 6 rings (SSSR count). The minimum absolute atomic E-state index is 0.0396. The number of nitrogens with zero attached hydrogens (tertiary/aromatic N) is 6. The van der Waals surface area contributed by atoms with Gasteiger partial charge in [0.25, 0.3) is 5.56 Å². The van der Waals surface area contributed by atoms with Crippen molar-refractivity contribution in [2.24, 2.45) is 0 Å².